The van der Waals surface area contributed by atoms with Crippen molar-refractivity contribution in [2.75, 3.05) is 49.9 Å². The van der Waals surface area contributed by atoms with Crippen LogP contribution in [0.1, 0.15) is 61.2 Å². The van der Waals surface area contributed by atoms with Crippen molar-refractivity contribution >= 4 is 63.1 Å². The number of carbonyl (C=O) groups is 2. The second-order valence-corrected chi connectivity index (χ2v) is 22.6. The number of para-hydroxylation sites is 1. The Bertz CT molecular complexity index is 1990. The number of aromatic nitrogens is 2. The third-order valence-electron chi connectivity index (χ3n) is 10.0. The molecule has 0 aliphatic carbocycles. The molecule has 3 aromatic carbocycles. The standard InChI is InChI=1S/C40H47N5O4S2Si/c1-48-38(47)36-35(26-43-20-17-29(18-21-43)28-11-6-5-7-12-28)51-39(42-36)44-22-19-30-13-10-14-31(32(30)25-44)37(46)45(27-49-23-24-52(2,3)4)40-41-33-15-8-9-16-34(33)50-40/h5-16,29H,17-27H2,1-4H3. The van der Waals surface area contributed by atoms with E-state index in [9.17, 15) is 9.59 Å². The van der Waals surface area contributed by atoms with Gasteiger partial charge in [-0.25, -0.2) is 14.8 Å². The van der Waals surface area contributed by atoms with Gasteiger partial charge >= 0.3 is 5.97 Å². The summed E-state index contributed by atoms with van der Waals surface area (Å²) < 4.78 is 12.4. The molecule has 0 bridgehead atoms. The highest BCUT2D eigenvalue weighted by Gasteiger charge is 2.31. The van der Waals surface area contributed by atoms with Gasteiger partial charge in [-0.3, -0.25) is 14.6 Å². The van der Waals surface area contributed by atoms with Gasteiger partial charge in [-0.05, 0) is 79.2 Å². The van der Waals surface area contributed by atoms with Crippen LogP contribution in [0, 0.1) is 0 Å². The van der Waals surface area contributed by atoms with E-state index in [4.69, 9.17) is 19.4 Å². The number of amides is 1. The maximum atomic E-state index is 14.6. The van der Waals surface area contributed by atoms with E-state index >= 15 is 0 Å². The fourth-order valence-electron chi connectivity index (χ4n) is 6.99. The molecule has 1 fully saturated rings. The predicted octanol–water partition coefficient (Wildman–Crippen LogP) is 8.44. The molecule has 2 aliphatic heterocycles. The number of thiazole rings is 2. The van der Waals surface area contributed by atoms with Crippen LogP contribution in [0.4, 0.5) is 10.3 Å². The Balaban J connectivity index is 1.11. The highest BCUT2D eigenvalue weighted by Crippen LogP contribution is 2.36. The summed E-state index contributed by atoms with van der Waals surface area (Å²) in [6.45, 7) is 11.5. The van der Waals surface area contributed by atoms with Crippen LogP contribution in [0.2, 0.25) is 25.7 Å². The van der Waals surface area contributed by atoms with E-state index in [1.807, 2.05) is 36.4 Å². The number of hydrogen-bond donors (Lipinski definition) is 0. The molecule has 12 heteroatoms. The first-order valence-corrected chi connectivity index (χ1v) is 23.5. The van der Waals surface area contributed by atoms with Crippen LogP contribution >= 0.6 is 22.7 Å². The fraction of sp³-hybridized carbons (Fsp3) is 0.400. The van der Waals surface area contributed by atoms with Gasteiger partial charge in [0.2, 0.25) is 0 Å². The Morgan fingerprint density at radius 1 is 0.923 bits per heavy atom. The summed E-state index contributed by atoms with van der Waals surface area (Å²) in [6, 6.07) is 25.7. The van der Waals surface area contributed by atoms with Gasteiger partial charge in [0.1, 0.15) is 6.73 Å². The maximum Gasteiger partial charge on any atom is 0.357 e. The normalized spacial score (nSPS) is 15.5. The van der Waals surface area contributed by atoms with Gasteiger partial charge < -0.3 is 14.4 Å². The first-order valence-electron chi connectivity index (χ1n) is 18.1. The molecule has 0 unspecified atom stereocenters. The van der Waals surface area contributed by atoms with Crippen molar-refractivity contribution in [3.63, 3.8) is 0 Å². The van der Waals surface area contributed by atoms with Gasteiger partial charge in [-0.1, -0.05) is 96.9 Å². The lowest BCUT2D eigenvalue weighted by molar-refractivity contribution is 0.0592. The minimum atomic E-state index is -1.31. The molecule has 0 saturated carbocycles. The SMILES string of the molecule is COC(=O)c1nc(N2CCc3cccc(C(=O)N(COCC[Si](C)(C)C)c4nc5ccccc5s4)c3C2)sc1CN1CCC(c2ccccc2)CC1. The van der Waals surface area contributed by atoms with Crippen LogP contribution in [-0.2, 0) is 29.0 Å². The number of anilines is 2. The van der Waals surface area contributed by atoms with E-state index in [1.54, 1.807) is 16.2 Å². The molecule has 0 radical (unpaired) electrons. The number of carbonyl (C=O) groups excluding carboxylic acids is 2. The highest BCUT2D eigenvalue weighted by atomic mass is 32.1. The zero-order valence-corrected chi connectivity index (χ0v) is 33.1. The molecule has 1 amide bonds. The average molecular weight is 754 g/mol. The predicted molar refractivity (Wildman–Crippen MR) is 214 cm³/mol. The molecule has 2 aliphatic rings. The summed E-state index contributed by atoms with van der Waals surface area (Å²) in [5.41, 5.74) is 5.43. The Labute approximate surface area is 315 Å². The minimum absolute atomic E-state index is 0.125. The first-order chi connectivity index (χ1) is 25.2. The van der Waals surface area contributed by atoms with Gasteiger partial charge in [0.15, 0.2) is 16.0 Å². The van der Waals surface area contributed by atoms with E-state index in [1.165, 1.54) is 24.0 Å². The van der Waals surface area contributed by atoms with Crippen molar-refractivity contribution in [3.05, 3.63) is 106 Å². The molecule has 4 heterocycles. The topological polar surface area (TPSA) is 88.1 Å². The third kappa shape index (κ3) is 8.31. The molecule has 52 heavy (non-hydrogen) atoms. The lowest BCUT2D eigenvalue weighted by Gasteiger charge is -2.32. The number of esters is 1. The van der Waals surface area contributed by atoms with Crippen molar-refractivity contribution in [1.82, 2.24) is 14.9 Å². The Morgan fingerprint density at radius 3 is 2.44 bits per heavy atom. The number of benzene rings is 3. The molecule has 1 saturated heterocycles. The van der Waals surface area contributed by atoms with Gasteiger partial charge in [0.05, 0.1) is 22.2 Å². The number of fused-ring (bicyclic) bond motifs is 2. The zero-order valence-electron chi connectivity index (χ0n) is 30.5. The Morgan fingerprint density at radius 2 is 1.69 bits per heavy atom. The monoisotopic (exact) mass is 753 g/mol. The summed E-state index contributed by atoms with van der Waals surface area (Å²) in [4.78, 5) is 44.6. The number of nitrogens with zero attached hydrogens (tertiary/aromatic N) is 5. The van der Waals surface area contributed by atoms with Crippen molar-refractivity contribution in [2.45, 2.75) is 64.0 Å². The van der Waals surface area contributed by atoms with Crippen molar-refractivity contribution in [2.24, 2.45) is 0 Å². The van der Waals surface area contributed by atoms with Crippen molar-refractivity contribution < 1.29 is 19.1 Å². The van der Waals surface area contributed by atoms with Crippen LogP contribution < -0.4 is 9.80 Å². The number of hydrogen-bond acceptors (Lipinski definition) is 10. The number of likely N-dealkylation sites (tertiary alicyclic amines) is 1. The molecule has 0 N–H and O–H groups in total. The molecule has 2 aromatic heterocycles. The smallest absolute Gasteiger partial charge is 0.357 e. The van der Waals surface area contributed by atoms with Crippen LogP contribution in [0.25, 0.3) is 10.2 Å². The Kier molecular flexibility index (Phi) is 11.2. The third-order valence-corrected chi connectivity index (χ3v) is 13.9. The van der Waals surface area contributed by atoms with Crippen LogP contribution in [-0.4, -0.2) is 74.9 Å². The largest absolute Gasteiger partial charge is 0.464 e. The quantitative estimate of drug-likeness (QED) is 0.0543. The second-order valence-electron chi connectivity index (χ2n) is 14.9. The van der Waals surface area contributed by atoms with Gasteiger partial charge in [-0.2, -0.15) is 0 Å². The Hall–Kier alpha value is -3.94. The van der Waals surface area contributed by atoms with Crippen LogP contribution in [0.5, 0.6) is 0 Å². The highest BCUT2D eigenvalue weighted by molar-refractivity contribution is 7.22. The lowest BCUT2D eigenvalue weighted by Crippen LogP contribution is -2.37. The lowest BCUT2D eigenvalue weighted by atomic mass is 9.89. The van der Waals surface area contributed by atoms with Crippen LogP contribution in [0.3, 0.4) is 0 Å². The summed E-state index contributed by atoms with van der Waals surface area (Å²) in [6.07, 6.45) is 2.93. The molecule has 272 valence electrons. The van der Waals surface area contributed by atoms with Crippen LogP contribution in [0.15, 0.2) is 72.8 Å². The number of rotatable bonds is 12. The number of methoxy groups -OCH3 is 1. The molecule has 5 aromatic rings. The van der Waals surface area contributed by atoms with Gasteiger partial charge in [0.25, 0.3) is 5.91 Å². The summed E-state index contributed by atoms with van der Waals surface area (Å²) in [7, 11) is 0.104. The van der Waals surface area contributed by atoms with E-state index in [-0.39, 0.29) is 12.6 Å². The van der Waals surface area contributed by atoms with Gasteiger partial charge in [-0.15, -0.1) is 0 Å². The summed E-state index contributed by atoms with van der Waals surface area (Å²) in [5.74, 6) is 0.0208. The summed E-state index contributed by atoms with van der Waals surface area (Å²) in [5, 5.41) is 1.41. The van der Waals surface area contributed by atoms with Crippen molar-refractivity contribution in [1.29, 1.82) is 0 Å². The molecular weight excluding hydrogens is 707 g/mol. The van der Waals surface area contributed by atoms with Crippen molar-refractivity contribution in [3.8, 4) is 0 Å². The fourth-order valence-corrected chi connectivity index (χ4v) is 9.81. The summed E-state index contributed by atoms with van der Waals surface area (Å²) >= 11 is 3.07. The molecular formula is C40H47N5O4S2Si. The van der Waals surface area contributed by atoms with E-state index in [2.05, 4.69) is 65.8 Å². The first kappa shape index (κ1) is 36.4. The van der Waals surface area contributed by atoms with E-state index in [0.717, 1.165) is 76.3 Å². The molecule has 9 nitrogen and oxygen atoms in total. The van der Waals surface area contributed by atoms with E-state index in [0.29, 0.717) is 42.0 Å². The second kappa shape index (κ2) is 16.0. The van der Waals surface area contributed by atoms with Gasteiger partial charge in [0, 0.05) is 39.9 Å². The number of ether oxygens (including phenoxy) is 2. The molecule has 7 rings (SSSR count). The zero-order chi connectivity index (χ0) is 36.2. The van der Waals surface area contributed by atoms with E-state index < -0.39 is 14.0 Å². The number of piperidine rings is 1. The average Bonchev–Trinajstić information content (AvgIpc) is 3.79. The minimum Gasteiger partial charge on any atom is -0.464 e. The molecule has 0 atom stereocenters. The molecule has 0 spiro atoms. The maximum absolute atomic E-state index is 14.6.